The molecule has 13 heavy (non-hydrogen) atoms. The zero-order valence-electron chi connectivity index (χ0n) is 7.64. The van der Waals surface area contributed by atoms with E-state index in [0.29, 0.717) is 0 Å². The van der Waals surface area contributed by atoms with Crippen LogP contribution in [0.4, 0.5) is 0 Å². The maximum atomic E-state index is 10.6. The van der Waals surface area contributed by atoms with Crippen LogP contribution in [0.1, 0.15) is 18.5 Å². The summed E-state index contributed by atoms with van der Waals surface area (Å²) in [6.45, 7) is 1.77. The molecule has 0 amide bonds. The van der Waals surface area contributed by atoms with Crippen LogP contribution in [-0.4, -0.2) is 26.7 Å². The van der Waals surface area contributed by atoms with E-state index in [0.717, 1.165) is 5.69 Å². The highest BCUT2D eigenvalue weighted by Gasteiger charge is 2.23. The van der Waals surface area contributed by atoms with Gasteiger partial charge in [0.1, 0.15) is 6.04 Å². The second-order valence-corrected chi connectivity index (χ2v) is 3.08. The Hall–Kier alpha value is -1.36. The molecule has 0 spiro atoms. The minimum atomic E-state index is -0.992. The smallest absolute Gasteiger partial charge is 0.321 e. The Bertz CT molecular complexity index is 308. The summed E-state index contributed by atoms with van der Waals surface area (Å²) < 4.78 is 1.77. The van der Waals surface area contributed by atoms with Crippen LogP contribution >= 0.6 is 0 Å². The van der Waals surface area contributed by atoms with Gasteiger partial charge in [0.2, 0.25) is 0 Å². The van der Waals surface area contributed by atoms with Crippen molar-refractivity contribution < 1.29 is 9.90 Å². The zero-order chi connectivity index (χ0) is 10.0. The number of carboxylic acids is 1. The summed E-state index contributed by atoms with van der Waals surface area (Å²) in [7, 11) is 1.81. The molecule has 0 aromatic carbocycles. The van der Waals surface area contributed by atoms with Gasteiger partial charge < -0.3 is 15.4 Å². The van der Waals surface area contributed by atoms with Gasteiger partial charge in [-0.05, 0) is 0 Å². The first-order valence-corrected chi connectivity index (χ1v) is 3.98. The van der Waals surface area contributed by atoms with Gasteiger partial charge in [0.15, 0.2) is 0 Å². The van der Waals surface area contributed by atoms with Crippen molar-refractivity contribution in [3.8, 4) is 0 Å². The molecule has 0 saturated heterocycles. The predicted octanol–water partition coefficient (Wildman–Crippen LogP) is -0.0645. The minimum Gasteiger partial charge on any atom is -0.480 e. The topological polar surface area (TPSA) is 81.1 Å². The quantitative estimate of drug-likeness (QED) is 0.687. The first-order chi connectivity index (χ1) is 6.04. The number of nitrogens with zero attached hydrogens (tertiary/aromatic N) is 2. The standard InChI is InChI=1S/C8H13N3O2/c1-5(7(9)8(12)13)6-3-10-4-11(6)2/h3-5,7H,9H2,1-2H3,(H,12,13)/t5-,7+/m1/s1. The van der Waals surface area contributed by atoms with Crippen molar-refractivity contribution in [1.29, 1.82) is 0 Å². The SMILES string of the molecule is C[C@H](c1cncn1C)[C@H](N)C(=O)O. The molecular formula is C8H13N3O2. The van der Waals surface area contributed by atoms with Crippen molar-refractivity contribution in [2.75, 3.05) is 0 Å². The molecule has 3 N–H and O–H groups in total. The lowest BCUT2D eigenvalue weighted by Gasteiger charge is -2.15. The Kier molecular flexibility index (Phi) is 2.67. The Labute approximate surface area is 76.2 Å². The van der Waals surface area contributed by atoms with E-state index in [2.05, 4.69) is 4.98 Å². The lowest BCUT2D eigenvalue weighted by molar-refractivity contribution is -0.139. The Balaban J connectivity index is 2.85. The van der Waals surface area contributed by atoms with Gasteiger partial charge in [-0.25, -0.2) is 4.98 Å². The molecule has 0 unspecified atom stereocenters. The van der Waals surface area contributed by atoms with Gasteiger partial charge in [-0.15, -0.1) is 0 Å². The highest BCUT2D eigenvalue weighted by Crippen LogP contribution is 2.16. The van der Waals surface area contributed by atoms with Gasteiger partial charge in [-0.2, -0.15) is 0 Å². The monoisotopic (exact) mass is 183 g/mol. The fourth-order valence-electron chi connectivity index (χ4n) is 1.20. The van der Waals surface area contributed by atoms with Crippen LogP contribution in [0.25, 0.3) is 0 Å². The lowest BCUT2D eigenvalue weighted by atomic mass is 10.00. The number of carboxylic acid groups (broad SMARTS) is 1. The van der Waals surface area contributed by atoms with Gasteiger partial charge in [0, 0.05) is 24.9 Å². The number of aromatic nitrogens is 2. The fraction of sp³-hybridized carbons (Fsp3) is 0.500. The van der Waals surface area contributed by atoms with E-state index in [4.69, 9.17) is 10.8 Å². The number of imidazole rings is 1. The van der Waals surface area contributed by atoms with Crippen LogP contribution in [0.2, 0.25) is 0 Å². The molecule has 5 heteroatoms. The number of carbonyl (C=O) groups is 1. The maximum Gasteiger partial charge on any atom is 0.321 e. The Morgan fingerprint density at radius 1 is 1.77 bits per heavy atom. The molecular weight excluding hydrogens is 170 g/mol. The number of rotatable bonds is 3. The summed E-state index contributed by atoms with van der Waals surface area (Å²) in [5, 5.41) is 8.69. The summed E-state index contributed by atoms with van der Waals surface area (Å²) in [4.78, 5) is 14.5. The molecule has 0 fully saturated rings. The van der Waals surface area contributed by atoms with E-state index in [-0.39, 0.29) is 5.92 Å². The summed E-state index contributed by atoms with van der Waals surface area (Å²) in [5.41, 5.74) is 6.31. The van der Waals surface area contributed by atoms with E-state index in [1.165, 1.54) is 0 Å². The normalized spacial score (nSPS) is 15.3. The maximum absolute atomic E-state index is 10.6. The van der Waals surface area contributed by atoms with Gasteiger partial charge >= 0.3 is 5.97 Å². The number of nitrogens with two attached hydrogens (primary N) is 1. The fourth-order valence-corrected chi connectivity index (χ4v) is 1.20. The lowest BCUT2D eigenvalue weighted by Crippen LogP contribution is -2.35. The highest BCUT2D eigenvalue weighted by molar-refractivity contribution is 5.74. The van der Waals surface area contributed by atoms with E-state index < -0.39 is 12.0 Å². The summed E-state index contributed by atoms with van der Waals surface area (Å²) in [5.74, 6) is -1.22. The second-order valence-electron chi connectivity index (χ2n) is 3.08. The van der Waals surface area contributed by atoms with Crippen molar-refractivity contribution >= 4 is 5.97 Å². The van der Waals surface area contributed by atoms with Crippen molar-refractivity contribution in [2.45, 2.75) is 18.9 Å². The molecule has 0 bridgehead atoms. The number of hydrogen-bond donors (Lipinski definition) is 2. The van der Waals surface area contributed by atoms with E-state index in [1.54, 1.807) is 24.0 Å². The average molecular weight is 183 g/mol. The van der Waals surface area contributed by atoms with Gasteiger partial charge in [-0.1, -0.05) is 6.92 Å². The molecule has 5 nitrogen and oxygen atoms in total. The molecule has 72 valence electrons. The van der Waals surface area contributed by atoms with Crippen LogP contribution in [0.3, 0.4) is 0 Å². The molecule has 0 aliphatic rings. The third-order valence-electron chi connectivity index (χ3n) is 2.14. The highest BCUT2D eigenvalue weighted by atomic mass is 16.4. The van der Waals surface area contributed by atoms with Crippen LogP contribution in [-0.2, 0) is 11.8 Å². The van der Waals surface area contributed by atoms with E-state index in [1.807, 2.05) is 7.05 Å². The second kappa shape index (κ2) is 3.57. The van der Waals surface area contributed by atoms with Crippen LogP contribution in [0.15, 0.2) is 12.5 Å². The number of aliphatic carboxylic acids is 1. The van der Waals surface area contributed by atoms with E-state index in [9.17, 15) is 4.79 Å². The molecule has 1 aromatic heterocycles. The average Bonchev–Trinajstić information content (AvgIpc) is 2.48. The van der Waals surface area contributed by atoms with Crippen LogP contribution in [0, 0.1) is 0 Å². The third-order valence-corrected chi connectivity index (χ3v) is 2.14. The van der Waals surface area contributed by atoms with Gasteiger partial charge in [0.05, 0.1) is 6.33 Å². The van der Waals surface area contributed by atoms with Crippen molar-refractivity contribution in [3.05, 3.63) is 18.2 Å². The molecule has 1 aromatic rings. The first kappa shape index (κ1) is 9.73. The number of aryl methyl sites for hydroxylation is 1. The predicted molar refractivity (Wildman–Crippen MR) is 47.2 cm³/mol. The van der Waals surface area contributed by atoms with Crippen molar-refractivity contribution in [3.63, 3.8) is 0 Å². The summed E-state index contributed by atoms with van der Waals surface area (Å²) >= 11 is 0. The molecule has 0 aliphatic heterocycles. The van der Waals surface area contributed by atoms with Gasteiger partial charge in [-0.3, -0.25) is 4.79 Å². The molecule has 2 atom stereocenters. The van der Waals surface area contributed by atoms with Crippen molar-refractivity contribution in [1.82, 2.24) is 9.55 Å². The van der Waals surface area contributed by atoms with Crippen molar-refractivity contribution in [2.24, 2.45) is 12.8 Å². The first-order valence-electron chi connectivity index (χ1n) is 3.98. The van der Waals surface area contributed by atoms with E-state index >= 15 is 0 Å². The van der Waals surface area contributed by atoms with Gasteiger partial charge in [0.25, 0.3) is 0 Å². The molecule has 0 saturated carbocycles. The third kappa shape index (κ3) is 1.86. The largest absolute Gasteiger partial charge is 0.480 e. The molecule has 0 radical (unpaired) electrons. The Morgan fingerprint density at radius 3 is 2.77 bits per heavy atom. The number of hydrogen-bond acceptors (Lipinski definition) is 3. The minimum absolute atomic E-state index is 0.231. The molecule has 0 aliphatic carbocycles. The Morgan fingerprint density at radius 2 is 2.38 bits per heavy atom. The summed E-state index contributed by atoms with van der Waals surface area (Å²) in [6, 6.07) is -0.879. The summed E-state index contributed by atoms with van der Waals surface area (Å²) in [6.07, 6.45) is 3.26. The molecule has 1 heterocycles. The molecule has 1 rings (SSSR count). The zero-order valence-corrected chi connectivity index (χ0v) is 7.64. The van der Waals surface area contributed by atoms with Crippen LogP contribution < -0.4 is 5.73 Å². The van der Waals surface area contributed by atoms with Crippen LogP contribution in [0.5, 0.6) is 0 Å².